The Balaban J connectivity index is 1.97. The Morgan fingerprint density at radius 2 is 2.23 bits per heavy atom. The molecule has 6 nitrogen and oxygen atoms in total. The maximum atomic E-state index is 12.1. The van der Waals surface area contributed by atoms with Crippen LogP contribution in [0.4, 0.5) is 5.82 Å². The summed E-state index contributed by atoms with van der Waals surface area (Å²) < 4.78 is 5.13. The van der Waals surface area contributed by atoms with E-state index in [0.29, 0.717) is 22.9 Å². The second kappa shape index (κ2) is 7.50. The molecular weight excluding hydrogens is 348 g/mol. The predicted octanol–water partition coefficient (Wildman–Crippen LogP) is 4.22. The molecule has 0 aliphatic carbocycles. The zero-order valence-corrected chi connectivity index (χ0v) is 15.6. The number of carbonyl (C=O) groups is 1. The van der Waals surface area contributed by atoms with E-state index in [4.69, 9.17) is 10.00 Å². The summed E-state index contributed by atoms with van der Waals surface area (Å²) in [5.74, 6) is 0.322. The predicted molar refractivity (Wildman–Crippen MR) is 101 cm³/mol. The molecule has 26 heavy (non-hydrogen) atoms. The van der Waals surface area contributed by atoms with Crippen LogP contribution in [0.2, 0.25) is 0 Å². The monoisotopic (exact) mass is 366 g/mol. The van der Waals surface area contributed by atoms with E-state index in [2.05, 4.69) is 21.4 Å². The molecular formula is C19H18N4O2S. The van der Waals surface area contributed by atoms with Crippen molar-refractivity contribution in [2.45, 2.75) is 26.8 Å². The quantitative estimate of drug-likeness (QED) is 0.680. The van der Waals surface area contributed by atoms with Crippen molar-refractivity contribution in [1.82, 2.24) is 9.97 Å². The molecule has 1 unspecified atom stereocenters. The molecule has 0 saturated carbocycles. The molecule has 1 aromatic carbocycles. The van der Waals surface area contributed by atoms with Crippen molar-refractivity contribution >= 4 is 33.3 Å². The van der Waals surface area contributed by atoms with Gasteiger partial charge in [-0.1, -0.05) is 12.1 Å². The Morgan fingerprint density at radius 3 is 2.96 bits per heavy atom. The molecule has 3 rings (SSSR count). The SMILES string of the molecule is CCOC(=O)c1sc2ncnc(NC(C)c3cccc(C#N)c3)c2c1C. The van der Waals surface area contributed by atoms with Gasteiger partial charge in [-0.05, 0) is 44.0 Å². The fraction of sp³-hybridized carbons (Fsp3) is 0.263. The van der Waals surface area contributed by atoms with E-state index in [0.717, 1.165) is 21.3 Å². The van der Waals surface area contributed by atoms with Crippen LogP contribution in [-0.2, 0) is 4.74 Å². The lowest BCUT2D eigenvalue weighted by Crippen LogP contribution is -2.09. The van der Waals surface area contributed by atoms with Crippen LogP contribution in [0.3, 0.4) is 0 Å². The number of rotatable bonds is 5. The van der Waals surface area contributed by atoms with E-state index in [1.54, 1.807) is 13.0 Å². The van der Waals surface area contributed by atoms with Crippen molar-refractivity contribution in [3.63, 3.8) is 0 Å². The number of thiophene rings is 1. The lowest BCUT2D eigenvalue weighted by molar-refractivity contribution is 0.0531. The molecule has 0 aliphatic rings. The maximum Gasteiger partial charge on any atom is 0.348 e. The number of hydrogen-bond donors (Lipinski definition) is 1. The van der Waals surface area contributed by atoms with Crippen LogP contribution < -0.4 is 5.32 Å². The highest BCUT2D eigenvalue weighted by Crippen LogP contribution is 2.35. The van der Waals surface area contributed by atoms with Gasteiger partial charge in [0.25, 0.3) is 0 Å². The molecule has 2 aromatic heterocycles. The van der Waals surface area contributed by atoms with Crippen LogP contribution >= 0.6 is 11.3 Å². The van der Waals surface area contributed by atoms with E-state index in [1.165, 1.54) is 17.7 Å². The zero-order chi connectivity index (χ0) is 18.7. The molecule has 7 heteroatoms. The van der Waals surface area contributed by atoms with E-state index in [1.807, 2.05) is 32.0 Å². The van der Waals surface area contributed by atoms with Crippen molar-refractivity contribution < 1.29 is 9.53 Å². The Kier molecular flexibility index (Phi) is 5.14. The molecule has 0 radical (unpaired) electrons. The normalized spacial score (nSPS) is 11.8. The van der Waals surface area contributed by atoms with Crippen molar-refractivity contribution in [3.05, 3.63) is 52.2 Å². The van der Waals surface area contributed by atoms with E-state index in [9.17, 15) is 4.79 Å². The van der Waals surface area contributed by atoms with E-state index >= 15 is 0 Å². The number of aromatic nitrogens is 2. The summed E-state index contributed by atoms with van der Waals surface area (Å²) in [6.45, 7) is 5.99. The summed E-state index contributed by atoms with van der Waals surface area (Å²) in [6, 6.07) is 9.52. The van der Waals surface area contributed by atoms with Crippen LogP contribution in [0.25, 0.3) is 10.2 Å². The summed E-state index contributed by atoms with van der Waals surface area (Å²) in [4.78, 5) is 22.1. The van der Waals surface area contributed by atoms with Crippen LogP contribution in [0.1, 0.15) is 46.3 Å². The largest absolute Gasteiger partial charge is 0.462 e. The van der Waals surface area contributed by atoms with Crippen LogP contribution in [0.5, 0.6) is 0 Å². The molecule has 1 N–H and O–H groups in total. The average molecular weight is 366 g/mol. The summed E-state index contributed by atoms with van der Waals surface area (Å²) >= 11 is 1.31. The standard InChI is InChI=1S/C19H18N4O2S/c1-4-25-19(24)16-11(2)15-17(21-10-22-18(15)26-16)23-12(3)14-7-5-6-13(8-14)9-20/h5-8,10,12H,4H2,1-3H3,(H,21,22,23). The lowest BCUT2D eigenvalue weighted by Gasteiger charge is -2.16. The summed E-state index contributed by atoms with van der Waals surface area (Å²) in [5, 5.41) is 13.3. The van der Waals surface area contributed by atoms with Gasteiger partial charge in [-0.2, -0.15) is 5.26 Å². The molecule has 0 amide bonds. The first-order valence-electron chi connectivity index (χ1n) is 8.23. The van der Waals surface area contributed by atoms with Crippen LogP contribution in [0.15, 0.2) is 30.6 Å². The molecule has 0 aliphatic heterocycles. The van der Waals surface area contributed by atoms with Crippen LogP contribution in [-0.4, -0.2) is 22.5 Å². The van der Waals surface area contributed by atoms with Gasteiger partial charge in [-0.3, -0.25) is 0 Å². The fourth-order valence-electron chi connectivity index (χ4n) is 2.74. The first kappa shape index (κ1) is 17.8. The number of hydrogen-bond acceptors (Lipinski definition) is 7. The number of ether oxygens (including phenoxy) is 1. The number of carbonyl (C=O) groups excluding carboxylic acids is 1. The molecule has 0 saturated heterocycles. The second-order valence-electron chi connectivity index (χ2n) is 5.78. The molecule has 3 aromatic rings. The van der Waals surface area contributed by atoms with Crippen molar-refractivity contribution in [1.29, 1.82) is 5.26 Å². The van der Waals surface area contributed by atoms with Gasteiger partial charge in [0.2, 0.25) is 0 Å². The Morgan fingerprint density at radius 1 is 1.42 bits per heavy atom. The second-order valence-corrected chi connectivity index (χ2v) is 6.78. The van der Waals surface area contributed by atoms with Gasteiger partial charge < -0.3 is 10.1 Å². The number of nitrogens with one attached hydrogen (secondary N) is 1. The molecule has 2 heterocycles. The third kappa shape index (κ3) is 3.37. The zero-order valence-electron chi connectivity index (χ0n) is 14.7. The van der Waals surface area contributed by atoms with Crippen molar-refractivity contribution in [3.8, 4) is 6.07 Å². The number of benzene rings is 1. The fourth-order valence-corrected chi connectivity index (χ4v) is 3.78. The third-order valence-electron chi connectivity index (χ3n) is 4.06. The van der Waals surface area contributed by atoms with Gasteiger partial charge in [-0.25, -0.2) is 14.8 Å². The third-order valence-corrected chi connectivity index (χ3v) is 5.24. The first-order chi connectivity index (χ1) is 12.5. The number of aryl methyl sites for hydroxylation is 1. The molecule has 0 spiro atoms. The van der Waals surface area contributed by atoms with E-state index < -0.39 is 0 Å². The minimum absolute atomic E-state index is 0.0632. The number of fused-ring (bicyclic) bond motifs is 1. The molecule has 132 valence electrons. The number of esters is 1. The van der Waals surface area contributed by atoms with Gasteiger partial charge >= 0.3 is 5.97 Å². The highest BCUT2D eigenvalue weighted by molar-refractivity contribution is 7.20. The lowest BCUT2D eigenvalue weighted by atomic mass is 10.1. The maximum absolute atomic E-state index is 12.1. The van der Waals surface area contributed by atoms with Crippen molar-refractivity contribution in [2.24, 2.45) is 0 Å². The minimum atomic E-state index is -0.339. The Bertz CT molecular complexity index is 1010. The van der Waals surface area contributed by atoms with Gasteiger partial charge in [0.05, 0.1) is 29.7 Å². The van der Waals surface area contributed by atoms with E-state index in [-0.39, 0.29) is 12.0 Å². The highest BCUT2D eigenvalue weighted by Gasteiger charge is 2.21. The molecule has 0 bridgehead atoms. The first-order valence-corrected chi connectivity index (χ1v) is 9.04. The Labute approximate surface area is 155 Å². The van der Waals surface area contributed by atoms with Gasteiger partial charge in [0.15, 0.2) is 0 Å². The highest BCUT2D eigenvalue weighted by atomic mass is 32.1. The number of nitrogens with zero attached hydrogens (tertiary/aromatic N) is 3. The summed E-state index contributed by atoms with van der Waals surface area (Å²) in [5.41, 5.74) is 2.40. The molecule has 1 atom stereocenters. The minimum Gasteiger partial charge on any atom is -0.462 e. The molecule has 0 fully saturated rings. The topological polar surface area (TPSA) is 87.9 Å². The average Bonchev–Trinajstić information content (AvgIpc) is 3.00. The van der Waals surface area contributed by atoms with Crippen molar-refractivity contribution in [2.75, 3.05) is 11.9 Å². The summed E-state index contributed by atoms with van der Waals surface area (Å²) in [7, 11) is 0. The Hall–Kier alpha value is -2.98. The van der Waals surface area contributed by atoms with Gasteiger partial charge in [-0.15, -0.1) is 11.3 Å². The van der Waals surface area contributed by atoms with Gasteiger partial charge in [0, 0.05) is 0 Å². The summed E-state index contributed by atoms with van der Waals surface area (Å²) in [6.07, 6.45) is 1.48. The smallest absolute Gasteiger partial charge is 0.348 e. The van der Waals surface area contributed by atoms with Gasteiger partial charge in [0.1, 0.15) is 21.9 Å². The number of anilines is 1. The number of nitriles is 1. The van der Waals surface area contributed by atoms with Crippen LogP contribution in [0, 0.1) is 18.3 Å².